The van der Waals surface area contributed by atoms with Gasteiger partial charge < -0.3 is 14.6 Å². The van der Waals surface area contributed by atoms with Gasteiger partial charge in [0.05, 0.1) is 10.9 Å². The van der Waals surface area contributed by atoms with Crippen LogP contribution in [0, 0.1) is 20.8 Å². The molecule has 0 saturated heterocycles. The van der Waals surface area contributed by atoms with E-state index >= 15 is 0 Å². The van der Waals surface area contributed by atoms with Gasteiger partial charge in [-0.05, 0) is 52.7 Å². The zero-order valence-electron chi connectivity index (χ0n) is 18.1. The van der Waals surface area contributed by atoms with E-state index in [0.717, 1.165) is 28.4 Å². The maximum atomic E-state index is 12.6. The summed E-state index contributed by atoms with van der Waals surface area (Å²) in [5.41, 5.74) is 3.06. The molecule has 2 heterocycles. The van der Waals surface area contributed by atoms with Gasteiger partial charge in [0, 0.05) is 11.4 Å². The first-order chi connectivity index (χ1) is 14.3. The molecule has 3 rings (SSSR count). The number of aryl methyl sites for hydroxylation is 3. The number of thiazole rings is 1. The third-order valence-corrected chi connectivity index (χ3v) is 6.44. The predicted molar refractivity (Wildman–Crippen MR) is 121 cm³/mol. The van der Waals surface area contributed by atoms with Crippen molar-refractivity contribution in [2.45, 2.75) is 64.6 Å². The lowest BCUT2D eigenvalue weighted by atomic mass is 10.1. The number of rotatable bonds is 8. The Hall–Kier alpha value is -2.39. The summed E-state index contributed by atoms with van der Waals surface area (Å²) in [6.07, 6.45) is 0. The first-order valence-electron chi connectivity index (χ1n) is 9.78. The standard InChI is InChI=1S/C21H27N5O2S2/c1-12(2)26-17(10-28-18-13(3)8-7-9-14(18)4)24-25-21(26)30-16(6)19(27)23-20-22-15(5)11-29-20/h7-9,11-12,16H,10H2,1-6H3,(H,22,23,27)/t16-/m0/s1. The molecule has 160 valence electrons. The zero-order valence-corrected chi connectivity index (χ0v) is 19.7. The average Bonchev–Trinajstić information content (AvgIpc) is 3.27. The Labute approximate surface area is 185 Å². The molecular weight excluding hydrogens is 418 g/mol. The number of hydrogen-bond acceptors (Lipinski definition) is 7. The lowest BCUT2D eigenvalue weighted by molar-refractivity contribution is -0.115. The molecule has 1 amide bonds. The minimum atomic E-state index is -0.344. The van der Waals surface area contributed by atoms with E-state index in [9.17, 15) is 4.79 Å². The molecule has 0 radical (unpaired) electrons. The number of anilines is 1. The molecule has 2 aromatic heterocycles. The third-order valence-electron chi connectivity index (χ3n) is 4.51. The highest BCUT2D eigenvalue weighted by Crippen LogP contribution is 2.28. The van der Waals surface area contributed by atoms with Crippen LogP contribution in [0.5, 0.6) is 5.75 Å². The molecule has 30 heavy (non-hydrogen) atoms. The quantitative estimate of drug-likeness (QED) is 0.495. The van der Waals surface area contributed by atoms with Gasteiger partial charge in [0.25, 0.3) is 0 Å². The van der Waals surface area contributed by atoms with Crippen LogP contribution < -0.4 is 10.1 Å². The summed E-state index contributed by atoms with van der Waals surface area (Å²) in [4.78, 5) is 16.8. The smallest absolute Gasteiger partial charge is 0.239 e. The summed E-state index contributed by atoms with van der Waals surface area (Å²) in [5.74, 6) is 1.50. The van der Waals surface area contributed by atoms with Crippen molar-refractivity contribution in [1.82, 2.24) is 19.7 Å². The van der Waals surface area contributed by atoms with Crippen molar-refractivity contribution in [2.75, 3.05) is 5.32 Å². The molecule has 1 aromatic carbocycles. The largest absolute Gasteiger partial charge is 0.485 e. The van der Waals surface area contributed by atoms with Crippen molar-refractivity contribution in [3.05, 3.63) is 46.2 Å². The van der Waals surface area contributed by atoms with E-state index in [-0.39, 0.29) is 17.2 Å². The Kier molecular flexibility index (Phi) is 7.14. The van der Waals surface area contributed by atoms with Gasteiger partial charge in [-0.1, -0.05) is 30.0 Å². The van der Waals surface area contributed by atoms with Crippen molar-refractivity contribution in [3.63, 3.8) is 0 Å². The van der Waals surface area contributed by atoms with Gasteiger partial charge in [-0.15, -0.1) is 21.5 Å². The predicted octanol–water partition coefficient (Wildman–Crippen LogP) is 4.94. The fraction of sp³-hybridized carbons (Fsp3) is 0.429. The Morgan fingerprint density at radius 1 is 1.20 bits per heavy atom. The first-order valence-corrected chi connectivity index (χ1v) is 11.5. The number of thioether (sulfide) groups is 1. The molecule has 7 nitrogen and oxygen atoms in total. The lowest BCUT2D eigenvalue weighted by Gasteiger charge is -2.17. The van der Waals surface area contributed by atoms with Crippen LogP contribution in [0.4, 0.5) is 5.13 Å². The normalized spacial score (nSPS) is 12.2. The second kappa shape index (κ2) is 9.61. The number of nitrogens with one attached hydrogen (secondary N) is 1. The number of nitrogens with zero attached hydrogens (tertiary/aromatic N) is 4. The number of hydrogen-bond donors (Lipinski definition) is 1. The summed E-state index contributed by atoms with van der Waals surface area (Å²) in [7, 11) is 0. The first kappa shape index (κ1) is 22.3. The number of ether oxygens (including phenoxy) is 1. The molecule has 0 bridgehead atoms. The van der Waals surface area contributed by atoms with Gasteiger partial charge >= 0.3 is 0 Å². The van der Waals surface area contributed by atoms with E-state index in [1.165, 1.54) is 23.1 Å². The van der Waals surface area contributed by atoms with Crippen molar-refractivity contribution in [2.24, 2.45) is 0 Å². The Bertz CT molecular complexity index is 1010. The Balaban J connectivity index is 1.71. The summed E-state index contributed by atoms with van der Waals surface area (Å²) < 4.78 is 8.10. The zero-order chi connectivity index (χ0) is 21.8. The van der Waals surface area contributed by atoms with Crippen LogP contribution in [-0.4, -0.2) is 30.9 Å². The van der Waals surface area contributed by atoms with Crippen LogP contribution >= 0.6 is 23.1 Å². The van der Waals surface area contributed by atoms with Crippen LogP contribution in [0.2, 0.25) is 0 Å². The molecule has 1 atom stereocenters. The molecule has 0 aliphatic rings. The highest BCUT2D eigenvalue weighted by atomic mass is 32.2. The third kappa shape index (κ3) is 5.20. The number of amides is 1. The number of benzene rings is 1. The monoisotopic (exact) mass is 445 g/mol. The van der Waals surface area contributed by atoms with Crippen LogP contribution in [0.15, 0.2) is 28.7 Å². The highest BCUT2D eigenvalue weighted by molar-refractivity contribution is 8.00. The van der Waals surface area contributed by atoms with E-state index in [1.54, 1.807) is 0 Å². The number of carbonyl (C=O) groups is 1. The SMILES string of the molecule is Cc1csc(NC(=O)[C@H](C)Sc2nnc(COc3c(C)cccc3C)n2C(C)C)n1. The van der Waals surface area contributed by atoms with Gasteiger partial charge in [-0.2, -0.15) is 0 Å². The topological polar surface area (TPSA) is 81.9 Å². The fourth-order valence-corrected chi connectivity index (χ4v) is 4.69. The summed E-state index contributed by atoms with van der Waals surface area (Å²) in [6, 6.07) is 6.21. The molecule has 0 fully saturated rings. The van der Waals surface area contributed by atoms with Gasteiger partial charge in [-0.3, -0.25) is 4.79 Å². The number of aromatic nitrogens is 4. The minimum absolute atomic E-state index is 0.110. The van der Waals surface area contributed by atoms with E-state index in [4.69, 9.17) is 4.74 Å². The van der Waals surface area contributed by atoms with E-state index in [1.807, 2.05) is 55.8 Å². The molecule has 0 spiro atoms. The van der Waals surface area contributed by atoms with Gasteiger partial charge in [-0.25, -0.2) is 4.98 Å². The van der Waals surface area contributed by atoms with Crippen LogP contribution in [0.3, 0.4) is 0 Å². The van der Waals surface area contributed by atoms with Crippen LogP contribution in [0.1, 0.15) is 49.5 Å². The van der Waals surface area contributed by atoms with E-state index in [0.29, 0.717) is 16.9 Å². The van der Waals surface area contributed by atoms with Crippen LogP contribution in [-0.2, 0) is 11.4 Å². The molecule has 0 aliphatic heterocycles. The van der Waals surface area contributed by atoms with Crippen molar-refractivity contribution in [3.8, 4) is 5.75 Å². The minimum Gasteiger partial charge on any atom is -0.485 e. The second-order valence-corrected chi connectivity index (χ2v) is 9.58. The molecular formula is C21H27N5O2S2. The maximum Gasteiger partial charge on any atom is 0.239 e. The summed E-state index contributed by atoms with van der Waals surface area (Å²) >= 11 is 2.80. The molecule has 0 saturated carbocycles. The highest BCUT2D eigenvalue weighted by Gasteiger charge is 2.22. The van der Waals surface area contributed by atoms with E-state index < -0.39 is 0 Å². The van der Waals surface area contributed by atoms with Gasteiger partial charge in [0.1, 0.15) is 12.4 Å². The molecule has 9 heteroatoms. The van der Waals surface area contributed by atoms with E-state index in [2.05, 4.69) is 34.3 Å². The average molecular weight is 446 g/mol. The molecule has 0 aliphatic carbocycles. The van der Waals surface area contributed by atoms with Crippen molar-refractivity contribution < 1.29 is 9.53 Å². The van der Waals surface area contributed by atoms with Gasteiger partial charge in [0.15, 0.2) is 16.1 Å². The maximum absolute atomic E-state index is 12.6. The van der Waals surface area contributed by atoms with Gasteiger partial charge in [0.2, 0.25) is 5.91 Å². The Morgan fingerprint density at radius 2 is 1.90 bits per heavy atom. The molecule has 3 aromatic rings. The fourth-order valence-electron chi connectivity index (χ4n) is 3.00. The summed E-state index contributed by atoms with van der Waals surface area (Å²) in [5, 5.41) is 14.4. The lowest BCUT2D eigenvalue weighted by Crippen LogP contribution is -2.23. The summed E-state index contributed by atoms with van der Waals surface area (Å²) in [6.45, 7) is 12.3. The van der Waals surface area contributed by atoms with Crippen molar-refractivity contribution >= 4 is 34.1 Å². The van der Waals surface area contributed by atoms with Crippen molar-refractivity contribution in [1.29, 1.82) is 0 Å². The number of carbonyl (C=O) groups excluding carboxylic acids is 1. The molecule has 1 N–H and O–H groups in total. The second-order valence-electron chi connectivity index (χ2n) is 7.42. The molecule has 0 unspecified atom stereocenters. The van der Waals surface area contributed by atoms with Crippen LogP contribution in [0.25, 0.3) is 0 Å². The number of para-hydroxylation sites is 1. The Morgan fingerprint density at radius 3 is 2.50 bits per heavy atom.